The lowest BCUT2D eigenvalue weighted by atomic mass is 10.1. The molecule has 0 radical (unpaired) electrons. The van der Waals surface area contributed by atoms with Gasteiger partial charge in [-0.15, -0.1) is 0 Å². The maximum Gasteiger partial charge on any atom is 0.257 e. The zero-order valence-electron chi connectivity index (χ0n) is 14.7. The van der Waals surface area contributed by atoms with E-state index in [1.165, 1.54) is 0 Å². The first kappa shape index (κ1) is 17.0. The van der Waals surface area contributed by atoms with E-state index in [1.54, 1.807) is 55.5 Å². The second kappa shape index (κ2) is 7.03. The predicted octanol–water partition coefficient (Wildman–Crippen LogP) is 3.65. The maximum absolute atomic E-state index is 12.4. The molecule has 2 aromatic carbocycles. The largest absolute Gasteiger partial charge is 0.334 e. The molecule has 2 amide bonds. The summed E-state index contributed by atoms with van der Waals surface area (Å²) in [5, 5.41) is 9.45. The molecule has 0 atom stereocenters. The number of nitrogens with zero attached hydrogens (tertiary/aromatic N) is 2. The number of rotatable bonds is 5. The summed E-state index contributed by atoms with van der Waals surface area (Å²) in [7, 11) is 0. The van der Waals surface area contributed by atoms with Crippen molar-refractivity contribution in [2.45, 2.75) is 19.8 Å². The van der Waals surface area contributed by atoms with Crippen molar-refractivity contribution in [2.75, 3.05) is 10.6 Å². The average molecular weight is 362 g/mol. The molecule has 1 aliphatic carbocycles. The van der Waals surface area contributed by atoms with Gasteiger partial charge in [0, 0.05) is 28.4 Å². The Morgan fingerprint density at radius 2 is 1.59 bits per heavy atom. The second-order valence-corrected chi connectivity index (χ2v) is 6.52. The van der Waals surface area contributed by atoms with Gasteiger partial charge in [-0.1, -0.05) is 5.16 Å². The van der Waals surface area contributed by atoms with Gasteiger partial charge in [-0.2, -0.15) is 4.98 Å². The second-order valence-electron chi connectivity index (χ2n) is 6.52. The van der Waals surface area contributed by atoms with Gasteiger partial charge in [-0.3, -0.25) is 9.59 Å². The fourth-order valence-corrected chi connectivity index (χ4v) is 2.61. The lowest BCUT2D eigenvalue weighted by molar-refractivity contribution is -0.117. The molecule has 2 N–H and O–H groups in total. The topological polar surface area (TPSA) is 97.1 Å². The number of hydrogen-bond acceptors (Lipinski definition) is 5. The highest BCUT2D eigenvalue weighted by Gasteiger charge is 2.29. The van der Waals surface area contributed by atoms with Crippen LogP contribution in [0.1, 0.15) is 29.0 Å². The van der Waals surface area contributed by atoms with Gasteiger partial charge < -0.3 is 15.2 Å². The minimum atomic E-state index is -0.224. The van der Waals surface area contributed by atoms with Crippen LogP contribution in [0, 0.1) is 12.8 Å². The summed E-state index contributed by atoms with van der Waals surface area (Å²) in [5.74, 6) is 0.969. The number of aromatic nitrogens is 2. The van der Waals surface area contributed by atoms with Gasteiger partial charge in [0.15, 0.2) is 5.82 Å². The molecule has 1 heterocycles. The zero-order chi connectivity index (χ0) is 18.8. The Morgan fingerprint density at radius 1 is 0.963 bits per heavy atom. The summed E-state index contributed by atoms with van der Waals surface area (Å²) >= 11 is 0. The standard InChI is InChI=1S/C20H18N4O3/c1-12-21-20(27-24-12)15-6-4-14(5-7-15)19(26)23-17-10-8-16(9-11-17)22-18(25)13-2-3-13/h4-11,13H,2-3H2,1H3,(H,22,25)(H,23,26). The van der Waals surface area contributed by atoms with E-state index in [0.29, 0.717) is 23.0 Å². The van der Waals surface area contributed by atoms with E-state index < -0.39 is 0 Å². The minimum Gasteiger partial charge on any atom is -0.334 e. The number of nitrogens with one attached hydrogen (secondary N) is 2. The summed E-state index contributed by atoms with van der Waals surface area (Å²) in [5.41, 5.74) is 2.65. The summed E-state index contributed by atoms with van der Waals surface area (Å²) in [6, 6.07) is 14.0. The van der Waals surface area contributed by atoms with E-state index in [2.05, 4.69) is 20.8 Å². The Labute approximate surface area is 155 Å². The van der Waals surface area contributed by atoms with Crippen molar-refractivity contribution in [3.05, 3.63) is 59.9 Å². The molecule has 1 fully saturated rings. The molecule has 0 aliphatic heterocycles. The Hall–Kier alpha value is -3.48. The van der Waals surface area contributed by atoms with Crippen LogP contribution in [0.25, 0.3) is 11.5 Å². The first-order valence-electron chi connectivity index (χ1n) is 8.71. The van der Waals surface area contributed by atoms with Crippen molar-refractivity contribution in [1.29, 1.82) is 0 Å². The summed E-state index contributed by atoms with van der Waals surface area (Å²) in [4.78, 5) is 28.3. The summed E-state index contributed by atoms with van der Waals surface area (Å²) < 4.78 is 5.11. The van der Waals surface area contributed by atoms with Crippen molar-refractivity contribution in [1.82, 2.24) is 10.1 Å². The van der Waals surface area contributed by atoms with Crippen LogP contribution in [0.4, 0.5) is 11.4 Å². The molecule has 0 saturated heterocycles. The number of anilines is 2. The molecule has 3 aromatic rings. The molecule has 136 valence electrons. The van der Waals surface area contributed by atoms with E-state index >= 15 is 0 Å². The molecule has 27 heavy (non-hydrogen) atoms. The molecule has 0 spiro atoms. The quantitative estimate of drug-likeness (QED) is 0.722. The first-order chi connectivity index (χ1) is 13.1. The smallest absolute Gasteiger partial charge is 0.257 e. The monoisotopic (exact) mass is 362 g/mol. The van der Waals surface area contributed by atoms with Crippen LogP contribution in [-0.2, 0) is 4.79 Å². The van der Waals surface area contributed by atoms with Crippen LogP contribution in [-0.4, -0.2) is 22.0 Å². The number of benzene rings is 2. The Kier molecular flexibility index (Phi) is 4.42. The van der Waals surface area contributed by atoms with E-state index in [-0.39, 0.29) is 17.7 Å². The SMILES string of the molecule is Cc1noc(-c2ccc(C(=O)Nc3ccc(NC(=O)C4CC4)cc3)cc2)n1. The van der Waals surface area contributed by atoms with Crippen LogP contribution >= 0.6 is 0 Å². The maximum atomic E-state index is 12.4. The van der Waals surface area contributed by atoms with Crippen LogP contribution in [0.5, 0.6) is 0 Å². The fraction of sp³-hybridized carbons (Fsp3) is 0.200. The average Bonchev–Trinajstić information content (AvgIpc) is 3.45. The third-order valence-electron chi connectivity index (χ3n) is 4.28. The summed E-state index contributed by atoms with van der Waals surface area (Å²) in [6.45, 7) is 1.75. The van der Waals surface area contributed by atoms with Gasteiger partial charge in [0.1, 0.15) is 0 Å². The van der Waals surface area contributed by atoms with Crippen LogP contribution in [0.15, 0.2) is 53.1 Å². The van der Waals surface area contributed by atoms with Gasteiger partial charge in [0.2, 0.25) is 5.91 Å². The molecule has 1 saturated carbocycles. The lowest BCUT2D eigenvalue weighted by Crippen LogP contribution is -2.14. The Balaban J connectivity index is 1.38. The Morgan fingerprint density at radius 3 is 2.15 bits per heavy atom. The van der Waals surface area contributed by atoms with E-state index in [9.17, 15) is 9.59 Å². The van der Waals surface area contributed by atoms with Crippen molar-refractivity contribution < 1.29 is 14.1 Å². The van der Waals surface area contributed by atoms with Gasteiger partial charge in [-0.05, 0) is 68.3 Å². The first-order valence-corrected chi connectivity index (χ1v) is 8.71. The molecular formula is C20H18N4O3. The van der Waals surface area contributed by atoms with E-state index in [1.807, 2.05) is 0 Å². The molecule has 0 bridgehead atoms. The van der Waals surface area contributed by atoms with Crippen LogP contribution in [0.2, 0.25) is 0 Å². The number of amides is 2. The minimum absolute atomic E-state index is 0.0586. The van der Waals surface area contributed by atoms with Gasteiger partial charge in [-0.25, -0.2) is 0 Å². The fourth-order valence-electron chi connectivity index (χ4n) is 2.61. The van der Waals surface area contributed by atoms with Crippen molar-refractivity contribution in [3.63, 3.8) is 0 Å². The predicted molar refractivity (Wildman–Crippen MR) is 100 cm³/mol. The molecule has 1 aliphatic rings. The molecule has 7 nitrogen and oxygen atoms in total. The number of carbonyl (C=O) groups excluding carboxylic acids is 2. The van der Waals surface area contributed by atoms with Crippen molar-refractivity contribution >= 4 is 23.2 Å². The van der Waals surface area contributed by atoms with Crippen LogP contribution in [0.3, 0.4) is 0 Å². The van der Waals surface area contributed by atoms with Gasteiger partial charge in [0.25, 0.3) is 11.8 Å². The number of aryl methyl sites for hydroxylation is 1. The molecule has 7 heteroatoms. The third-order valence-corrected chi connectivity index (χ3v) is 4.28. The molecule has 4 rings (SSSR count). The zero-order valence-corrected chi connectivity index (χ0v) is 14.7. The van der Waals surface area contributed by atoms with E-state index in [0.717, 1.165) is 24.1 Å². The van der Waals surface area contributed by atoms with Crippen LogP contribution < -0.4 is 10.6 Å². The summed E-state index contributed by atoms with van der Waals surface area (Å²) in [6.07, 6.45) is 1.93. The van der Waals surface area contributed by atoms with E-state index in [4.69, 9.17) is 4.52 Å². The highest BCUT2D eigenvalue weighted by molar-refractivity contribution is 6.04. The Bertz CT molecular complexity index is 973. The number of hydrogen-bond donors (Lipinski definition) is 2. The molecular weight excluding hydrogens is 344 g/mol. The van der Waals surface area contributed by atoms with Gasteiger partial charge in [0.05, 0.1) is 0 Å². The van der Waals surface area contributed by atoms with Gasteiger partial charge >= 0.3 is 0 Å². The van der Waals surface area contributed by atoms with Crippen molar-refractivity contribution in [2.24, 2.45) is 5.92 Å². The highest BCUT2D eigenvalue weighted by atomic mass is 16.5. The molecule has 0 unspecified atom stereocenters. The van der Waals surface area contributed by atoms with Crippen molar-refractivity contribution in [3.8, 4) is 11.5 Å². The lowest BCUT2D eigenvalue weighted by Gasteiger charge is -2.08. The highest BCUT2D eigenvalue weighted by Crippen LogP contribution is 2.30. The number of carbonyl (C=O) groups is 2. The molecule has 1 aromatic heterocycles. The normalized spacial score (nSPS) is 13.2. The third kappa shape index (κ3) is 4.03.